The third-order valence-electron chi connectivity index (χ3n) is 4.43. The van der Waals surface area contributed by atoms with Crippen LogP contribution >= 0.6 is 11.8 Å². The highest BCUT2D eigenvalue weighted by atomic mass is 32.2. The molecule has 10 N–H and O–H groups in total. The minimum Gasteiger partial charge on any atom is -0.480 e. The highest BCUT2D eigenvalue weighted by molar-refractivity contribution is 8.13. The zero-order chi connectivity index (χ0) is 26.4. The minimum atomic E-state index is -1.32. The largest absolute Gasteiger partial charge is 0.480 e. The first-order valence-electron chi connectivity index (χ1n) is 10.4. The molecule has 1 aromatic rings. The molecule has 1 aromatic heterocycles. The van der Waals surface area contributed by atoms with E-state index in [9.17, 15) is 28.8 Å². The summed E-state index contributed by atoms with van der Waals surface area (Å²) in [4.78, 5) is 77.7. The van der Waals surface area contributed by atoms with Crippen molar-refractivity contribution < 1.29 is 39.0 Å². The summed E-state index contributed by atoms with van der Waals surface area (Å²) in [5.41, 5.74) is 11.3. The summed E-state index contributed by atoms with van der Waals surface area (Å²) in [7, 11) is 0. The normalized spacial score (nSPS) is 13.2. The number of hydrogen-bond donors (Lipinski definition) is 8. The van der Waals surface area contributed by atoms with E-state index in [0.29, 0.717) is 17.5 Å². The SMILES string of the molecule is NCCC(=O)NC(Cc1cnc[nH]1)C(=O)SCC(NC(=O)CCC(N)C(=O)O)C(=O)NCC(=O)O. The van der Waals surface area contributed by atoms with Crippen molar-refractivity contribution in [3.05, 3.63) is 18.2 Å². The molecule has 0 radical (unpaired) electrons. The van der Waals surface area contributed by atoms with E-state index in [1.165, 1.54) is 12.5 Å². The van der Waals surface area contributed by atoms with Gasteiger partial charge in [-0.15, -0.1) is 0 Å². The van der Waals surface area contributed by atoms with Gasteiger partial charge < -0.3 is 42.6 Å². The lowest BCUT2D eigenvalue weighted by Gasteiger charge is -2.20. The number of thioether (sulfide) groups is 1. The second kappa shape index (κ2) is 15.4. The summed E-state index contributed by atoms with van der Waals surface area (Å²) >= 11 is 0.647. The third kappa shape index (κ3) is 12.0. The molecule has 3 atom stereocenters. The molecule has 15 nitrogen and oxygen atoms in total. The van der Waals surface area contributed by atoms with Crippen molar-refractivity contribution in [3.8, 4) is 0 Å². The zero-order valence-corrected chi connectivity index (χ0v) is 19.5. The summed E-state index contributed by atoms with van der Waals surface area (Å²) in [6, 6.07) is -3.59. The molecule has 0 aromatic carbocycles. The Bertz CT molecular complexity index is 896. The van der Waals surface area contributed by atoms with Gasteiger partial charge >= 0.3 is 11.9 Å². The van der Waals surface area contributed by atoms with Gasteiger partial charge in [0.05, 0.1) is 6.33 Å². The van der Waals surface area contributed by atoms with E-state index in [1.54, 1.807) is 0 Å². The Hall–Kier alpha value is -3.50. The average Bonchev–Trinajstić information content (AvgIpc) is 3.31. The van der Waals surface area contributed by atoms with Crippen LogP contribution in [0.5, 0.6) is 0 Å². The highest BCUT2D eigenvalue weighted by Gasteiger charge is 2.27. The minimum absolute atomic E-state index is 0.00776. The number of carbonyl (C=O) groups excluding carboxylic acids is 4. The van der Waals surface area contributed by atoms with Crippen molar-refractivity contribution >= 4 is 46.5 Å². The molecule has 1 heterocycles. The van der Waals surface area contributed by atoms with Crippen LogP contribution in [0.15, 0.2) is 12.5 Å². The van der Waals surface area contributed by atoms with Gasteiger partial charge in [0.1, 0.15) is 24.7 Å². The first-order chi connectivity index (χ1) is 16.5. The average molecular weight is 516 g/mol. The highest BCUT2D eigenvalue weighted by Crippen LogP contribution is 2.12. The van der Waals surface area contributed by atoms with E-state index < -0.39 is 59.4 Å². The number of aromatic nitrogens is 2. The molecule has 35 heavy (non-hydrogen) atoms. The number of carboxylic acids is 2. The Morgan fingerprint density at radius 2 is 1.71 bits per heavy atom. The third-order valence-corrected chi connectivity index (χ3v) is 5.50. The molecule has 0 saturated heterocycles. The zero-order valence-electron chi connectivity index (χ0n) is 18.7. The first-order valence-corrected chi connectivity index (χ1v) is 11.4. The fourth-order valence-electron chi connectivity index (χ4n) is 2.62. The van der Waals surface area contributed by atoms with E-state index in [-0.39, 0.29) is 38.0 Å². The van der Waals surface area contributed by atoms with Crippen LogP contribution in [-0.2, 0) is 35.2 Å². The molecule has 1 rings (SSSR count). The molecule has 3 unspecified atom stereocenters. The molecule has 0 spiro atoms. The van der Waals surface area contributed by atoms with Crippen LogP contribution < -0.4 is 27.4 Å². The smallest absolute Gasteiger partial charge is 0.322 e. The maximum Gasteiger partial charge on any atom is 0.322 e. The maximum absolute atomic E-state index is 12.8. The van der Waals surface area contributed by atoms with Crippen molar-refractivity contribution in [1.82, 2.24) is 25.9 Å². The maximum atomic E-state index is 12.8. The molecule has 0 bridgehead atoms. The van der Waals surface area contributed by atoms with Gasteiger partial charge in [-0.25, -0.2) is 4.98 Å². The van der Waals surface area contributed by atoms with Crippen LogP contribution in [-0.4, -0.2) is 91.9 Å². The van der Waals surface area contributed by atoms with Gasteiger partial charge in [0.15, 0.2) is 0 Å². The van der Waals surface area contributed by atoms with Crippen LogP contribution in [0.2, 0.25) is 0 Å². The second-order valence-corrected chi connectivity index (χ2v) is 8.31. The Balaban J connectivity index is 2.85. The molecule has 0 aliphatic rings. The lowest BCUT2D eigenvalue weighted by molar-refractivity contribution is -0.139. The fourth-order valence-corrected chi connectivity index (χ4v) is 3.53. The summed E-state index contributed by atoms with van der Waals surface area (Å²) < 4.78 is 0. The van der Waals surface area contributed by atoms with E-state index in [1.807, 2.05) is 0 Å². The predicted molar refractivity (Wildman–Crippen MR) is 123 cm³/mol. The van der Waals surface area contributed by atoms with Gasteiger partial charge in [0.2, 0.25) is 22.8 Å². The molecular weight excluding hydrogens is 486 g/mol. The number of nitrogens with two attached hydrogens (primary N) is 2. The van der Waals surface area contributed by atoms with Crippen LogP contribution in [0.1, 0.15) is 25.0 Å². The van der Waals surface area contributed by atoms with E-state index in [2.05, 4.69) is 25.9 Å². The lowest BCUT2D eigenvalue weighted by atomic mass is 10.1. The van der Waals surface area contributed by atoms with Crippen LogP contribution in [0.25, 0.3) is 0 Å². The lowest BCUT2D eigenvalue weighted by Crippen LogP contribution is -2.50. The number of hydrogen-bond acceptors (Lipinski definition) is 10. The van der Waals surface area contributed by atoms with Crippen LogP contribution in [0, 0.1) is 0 Å². The van der Waals surface area contributed by atoms with Gasteiger partial charge in [-0.2, -0.15) is 0 Å². The first kappa shape index (κ1) is 29.5. The molecule has 194 valence electrons. The molecule has 0 fully saturated rings. The molecular formula is C19H29N7O8S. The summed E-state index contributed by atoms with van der Waals surface area (Å²) in [5, 5.41) is 24.1. The second-order valence-electron chi connectivity index (χ2n) is 7.28. The molecule has 16 heteroatoms. The predicted octanol–water partition coefficient (Wildman–Crippen LogP) is -3.08. The number of aromatic amines is 1. The number of nitrogens with one attached hydrogen (secondary N) is 4. The Morgan fingerprint density at radius 3 is 2.29 bits per heavy atom. The van der Waals surface area contributed by atoms with Gasteiger partial charge in [-0.3, -0.25) is 28.8 Å². The molecule has 0 aliphatic heterocycles. The van der Waals surface area contributed by atoms with Crippen LogP contribution in [0.3, 0.4) is 0 Å². The Morgan fingerprint density at radius 1 is 1.06 bits per heavy atom. The van der Waals surface area contributed by atoms with Gasteiger partial charge in [-0.05, 0) is 6.42 Å². The summed E-state index contributed by atoms with van der Waals surface area (Å²) in [6.45, 7) is -0.640. The van der Waals surface area contributed by atoms with E-state index in [0.717, 1.165) is 0 Å². The van der Waals surface area contributed by atoms with Gasteiger partial charge in [0, 0.05) is 43.5 Å². The van der Waals surface area contributed by atoms with Crippen molar-refractivity contribution in [2.24, 2.45) is 11.5 Å². The molecule has 0 saturated carbocycles. The Labute approximate surface area is 204 Å². The molecule has 0 aliphatic carbocycles. The summed E-state index contributed by atoms with van der Waals surface area (Å²) in [6.07, 6.45) is 2.44. The monoisotopic (exact) mass is 515 g/mol. The number of carboxylic acid groups (broad SMARTS) is 2. The number of aliphatic carboxylic acids is 2. The number of amides is 3. The van der Waals surface area contributed by atoms with Crippen molar-refractivity contribution in [1.29, 1.82) is 0 Å². The quantitative estimate of drug-likeness (QED) is 0.109. The van der Waals surface area contributed by atoms with Gasteiger partial charge in [0.25, 0.3) is 0 Å². The van der Waals surface area contributed by atoms with E-state index in [4.69, 9.17) is 21.7 Å². The van der Waals surface area contributed by atoms with Gasteiger partial charge in [-0.1, -0.05) is 11.8 Å². The molecule has 3 amide bonds. The standard InChI is InChI=1S/C19H29N7O8S/c20-4-3-15(28)25-12(5-10-6-22-9-24-10)19(34)35-8-13(17(31)23-7-16(29)30)26-14(27)2-1-11(21)18(32)33/h6,9,11-13H,1-5,7-8,20-21H2,(H,22,24)(H,23,31)(H,25,28)(H,26,27)(H,29,30)(H,32,33). The Kier molecular flexibility index (Phi) is 13.0. The van der Waals surface area contributed by atoms with Crippen molar-refractivity contribution in [2.45, 2.75) is 43.8 Å². The van der Waals surface area contributed by atoms with Crippen molar-refractivity contribution in [2.75, 3.05) is 18.8 Å². The number of H-pyrrole nitrogens is 1. The number of rotatable bonds is 16. The summed E-state index contributed by atoms with van der Waals surface area (Å²) in [5.74, 6) is -4.93. The van der Waals surface area contributed by atoms with Crippen molar-refractivity contribution in [3.63, 3.8) is 0 Å². The fraction of sp³-hybridized carbons (Fsp3) is 0.526. The van der Waals surface area contributed by atoms with Crippen LogP contribution in [0.4, 0.5) is 0 Å². The number of carbonyl (C=O) groups is 6. The number of nitrogens with zero attached hydrogens (tertiary/aromatic N) is 1. The number of imidazole rings is 1. The topological polar surface area (TPSA) is 260 Å². The van der Waals surface area contributed by atoms with E-state index >= 15 is 0 Å².